The molecule has 1 unspecified atom stereocenters. The van der Waals surface area contributed by atoms with Crippen LogP contribution in [0.5, 0.6) is 0 Å². The second-order valence-corrected chi connectivity index (χ2v) is 4.84. The number of aromatic nitrogens is 1. The van der Waals surface area contributed by atoms with Gasteiger partial charge in [0.1, 0.15) is 0 Å². The van der Waals surface area contributed by atoms with Crippen molar-refractivity contribution < 1.29 is 0 Å². The summed E-state index contributed by atoms with van der Waals surface area (Å²) in [6, 6.07) is 4.99. The standard InChI is InChI=1S/C13H19N3/c1-4-12(10-14-6-1)16-9-3-8-15-7-2-5-13(15)11-16/h1,4,6,10,13H,2-3,5,7-9,11H2. The molecule has 1 aromatic heterocycles. The molecular weight excluding hydrogens is 198 g/mol. The number of rotatable bonds is 1. The molecule has 0 bridgehead atoms. The predicted octanol–water partition coefficient (Wildman–Crippen LogP) is 1.76. The monoisotopic (exact) mass is 217 g/mol. The maximum atomic E-state index is 4.22. The van der Waals surface area contributed by atoms with Crippen molar-refractivity contribution in [2.24, 2.45) is 0 Å². The third-order valence-electron chi connectivity index (χ3n) is 3.81. The van der Waals surface area contributed by atoms with E-state index in [0.717, 1.165) is 6.04 Å². The third-order valence-corrected chi connectivity index (χ3v) is 3.81. The number of anilines is 1. The molecule has 1 aromatic rings. The van der Waals surface area contributed by atoms with Gasteiger partial charge in [-0.1, -0.05) is 0 Å². The Morgan fingerprint density at radius 1 is 1.19 bits per heavy atom. The summed E-state index contributed by atoms with van der Waals surface area (Å²) in [6.45, 7) is 4.96. The molecule has 2 fully saturated rings. The minimum Gasteiger partial charge on any atom is -0.369 e. The van der Waals surface area contributed by atoms with Crippen molar-refractivity contribution in [3.8, 4) is 0 Å². The lowest BCUT2D eigenvalue weighted by Gasteiger charge is -2.26. The molecule has 3 heteroatoms. The molecule has 0 N–H and O–H groups in total. The highest BCUT2D eigenvalue weighted by Crippen LogP contribution is 2.24. The first-order chi connectivity index (χ1) is 7.93. The smallest absolute Gasteiger partial charge is 0.0553 e. The van der Waals surface area contributed by atoms with Crippen molar-refractivity contribution in [2.45, 2.75) is 25.3 Å². The second-order valence-electron chi connectivity index (χ2n) is 4.84. The lowest BCUT2D eigenvalue weighted by molar-refractivity contribution is 0.273. The minimum atomic E-state index is 0.780. The van der Waals surface area contributed by atoms with E-state index in [-0.39, 0.29) is 0 Å². The molecule has 3 rings (SSSR count). The molecule has 0 spiro atoms. The van der Waals surface area contributed by atoms with Gasteiger partial charge >= 0.3 is 0 Å². The first kappa shape index (κ1) is 10.1. The lowest BCUT2D eigenvalue weighted by atomic mass is 10.2. The largest absolute Gasteiger partial charge is 0.369 e. The first-order valence-electron chi connectivity index (χ1n) is 6.32. The SMILES string of the molecule is c1cncc(N2CCCN3CCCC3C2)c1. The molecular formula is C13H19N3. The van der Waals surface area contributed by atoms with E-state index in [9.17, 15) is 0 Å². The highest BCUT2D eigenvalue weighted by Gasteiger charge is 2.28. The number of fused-ring (bicyclic) bond motifs is 1. The summed E-state index contributed by atoms with van der Waals surface area (Å²) in [5, 5.41) is 0. The van der Waals surface area contributed by atoms with Gasteiger partial charge in [-0.3, -0.25) is 9.88 Å². The molecule has 2 saturated heterocycles. The van der Waals surface area contributed by atoms with Crippen LogP contribution in [0.1, 0.15) is 19.3 Å². The Morgan fingerprint density at radius 2 is 2.12 bits per heavy atom. The van der Waals surface area contributed by atoms with Gasteiger partial charge < -0.3 is 4.90 Å². The van der Waals surface area contributed by atoms with Crippen LogP contribution in [0.2, 0.25) is 0 Å². The van der Waals surface area contributed by atoms with Crippen LogP contribution in [0.25, 0.3) is 0 Å². The summed E-state index contributed by atoms with van der Waals surface area (Å²) in [6.07, 6.45) is 7.88. The highest BCUT2D eigenvalue weighted by atomic mass is 15.3. The van der Waals surface area contributed by atoms with Crippen molar-refractivity contribution in [2.75, 3.05) is 31.1 Å². The summed E-state index contributed by atoms with van der Waals surface area (Å²) in [5.74, 6) is 0. The maximum Gasteiger partial charge on any atom is 0.0553 e. The van der Waals surface area contributed by atoms with E-state index in [2.05, 4.69) is 20.9 Å². The Balaban J connectivity index is 1.76. The molecule has 2 aliphatic heterocycles. The van der Waals surface area contributed by atoms with Gasteiger partial charge in [-0.25, -0.2) is 0 Å². The molecule has 16 heavy (non-hydrogen) atoms. The van der Waals surface area contributed by atoms with E-state index in [4.69, 9.17) is 0 Å². The summed E-state index contributed by atoms with van der Waals surface area (Å²) >= 11 is 0. The van der Waals surface area contributed by atoms with E-state index in [0.29, 0.717) is 0 Å². The van der Waals surface area contributed by atoms with Gasteiger partial charge in [0.2, 0.25) is 0 Å². The fourth-order valence-electron chi connectivity index (χ4n) is 2.98. The van der Waals surface area contributed by atoms with Crippen molar-refractivity contribution in [1.29, 1.82) is 0 Å². The zero-order valence-corrected chi connectivity index (χ0v) is 9.68. The van der Waals surface area contributed by atoms with Gasteiger partial charge in [-0.2, -0.15) is 0 Å². The third kappa shape index (κ3) is 1.92. The van der Waals surface area contributed by atoms with Gasteiger partial charge in [0.25, 0.3) is 0 Å². The van der Waals surface area contributed by atoms with E-state index < -0.39 is 0 Å². The quantitative estimate of drug-likeness (QED) is 0.714. The zero-order chi connectivity index (χ0) is 10.8. The van der Waals surface area contributed by atoms with Crippen molar-refractivity contribution in [3.63, 3.8) is 0 Å². The van der Waals surface area contributed by atoms with Gasteiger partial charge in [0.05, 0.1) is 11.9 Å². The number of hydrogen-bond donors (Lipinski definition) is 0. The molecule has 0 radical (unpaired) electrons. The molecule has 0 amide bonds. The summed E-state index contributed by atoms with van der Waals surface area (Å²) in [5.41, 5.74) is 1.29. The summed E-state index contributed by atoms with van der Waals surface area (Å²) in [4.78, 5) is 9.39. The number of hydrogen-bond acceptors (Lipinski definition) is 3. The summed E-state index contributed by atoms with van der Waals surface area (Å²) < 4.78 is 0. The van der Waals surface area contributed by atoms with Crippen LogP contribution in [0.15, 0.2) is 24.5 Å². The van der Waals surface area contributed by atoms with Crippen LogP contribution >= 0.6 is 0 Å². The summed E-state index contributed by atoms with van der Waals surface area (Å²) in [7, 11) is 0. The zero-order valence-electron chi connectivity index (χ0n) is 9.68. The first-order valence-corrected chi connectivity index (χ1v) is 6.32. The van der Waals surface area contributed by atoms with E-state index in [1.807, 2.05) is 18.5 Å². The Bertz CT molecular complexity index is 338. The number of pyridine rings is 1. The average Bonchev–Trinajstić information content (AvgIpc) is 2.68. The predicted molar refractivity (Wildman–Crippen MR) is 65.7 cm³/mol. The van der Waals surface area contributed by atoms with E-state index in [1.165, 1.54) is 51.1 Å². The van der Waals surface area contributed by atoms with Crippen LogP contribution in [0, 0.1) is 0 Å². The van der Waals surface area contributed by atoms with Gasteiger partial charge in [0, 0.05) is 31.9 Å². The highest BCUT2D eigenvalue weighted by molar-refractivity contribution is 5.44. The fraction of sp³-hybridized carbons (Fsp3) is 0.615. The van der Waals surface area contributed by atoms with Crippen LogP contribution in [-0.4, -0.2) is 42.1 Å². The molecule has 3 heterocycles. The molecule has 3 nitrogen and oxygen atoms in total. The van der Waals surface area contributed by atoms with Crippen LogP contribution in [0.4, 0.5) is 5.69 Å². The normalized spacial score (nSPS) is 26.5. The van der Waals surface area contributed by atoms with Gasteiger partial charge in [-0.15, -0.1) is 0 Å². The van der Waals surface area contributed by atoms with E-state index >= 15 is 0 Å². The van der Waals surface area contributed by atoms with Crippen LogP contribution < -0.4 is 4.90 Å². The topological polar surface area (TPSA) is 19.4 Å². The number of nitrogens with zero attached hydrogens (tertiary/aromatic N) is 3. The Kier molecular flexibility index (Phi) is 2.79. The van der Waals surface area contributed by atoms with E-state index in [1.54, 1.807) is 0 Å². The minimum absolute atomic E-state index is 0.780. The Hall–Kier alpha value is -1.09. The second kappa shape index (κ2) is 4.42. The lowest BCUT2D eigenvalue weighted by Crippen LogP contribution is -2.36. The molecule has 86 valence electrons. The Labute approximate surface area is 97.1 Å². The van der Waals surface area contributed by atoms with Crippen molar-refractivity contribution in [1.82, 2.24) is 9.88 Å². The molecule has 2 aliphatic rings. The molecule has 1 atom stereocenters. The van der Waals surface area contributed by atoms with Crippen molar-refractivity contribution in [3.05, 3.63) is 24.5 Å². The van der Waals surface area contributed by atoms with Gasteiger partial charge in [-0.05, 0) is 37.9 Å². The van der Waals surface area contributed by atoms with Crippen LogP contribution in [-0.2, 0) is 0 Å². The maximum absolute atomic E-state index is 4.22. The molecule has 0 aromatic carbocycles. The van der Waals surface area contributed by atoms with Crippen LogP contribution in [0.3, 0.4) is 0 Å². The fourth-order valence-corrected chi connectivity index (χ4v) is 2.98. The molecule has 0 aliphatic carbocycles. The average molecular weight is 217 g/mol. The Morgan fingerprint density at radius 3 is 3.00 bits per heavy atom. The van der Waals surface area contributed by atoms with Crippen molar-refractivity contribution >= 4 is 5.69 Å². The van der Waals surface area contributed by atoms with Gasteiger partial charge in [0.15, 0.2) is 0 Å². The molecule has 0 saturated carbocycles.